The number of rotatable bonds is 4. The lowest BCUT2D eigenvalue weighted by atomic mass is 9.96. The highest BCUT2D eigenvalue weighted by Gasteiger charge is 2.46. The number of likely N-dealkylation sites (tertiary alicyclic amines) is 1. The fourth-order valence-corrected chi connectivity index (χ4v) is 4.22. The van der Waals surface area contributed by atoms with E-state index in [9.17, 15) is 9.18 Å². The first kappa shape index (κ1) is 15.2. The molecule has 1 aromatic carbocycles. The number of alkyl halides is 1. The second kappa shape index (κ2) is 6.19. The Bertz CT molecular complexity index is 562. The Balaban J connectivity index is 1.55. The standard InChI is InChI=1S/C14H15BClFN2OS/c15-11-2-1-10(5-12(11)17)21-18-13-4-9-3-8(13)7-19(9)14(20)6-16/h1-2,5,8-9,13,18H,3-4,6-7H2. The van der Waals surface area contributed by atoms with Crippen LogP contribution in [0.4, 0.5) is 4.39 Å². The first-order chi connectivity index (χ1) is 10.1. The molecule has 3 rings (SSSR count). The summed E-state index contributed by atoms with van der Waals surface area (Å²) in [6.45, 7) is 0.768. The Labute approximate surface area is 134 Å². The highest BCUT2D eigenvalue weighted by atomic mass is 35.5. The van der Waals surface area contributed by atoms with Gasteiger partial charge in [-0.2, -0.15) is 0 Å². The molecule has 3 unspecified atom stereocenters. The van der Waals surface area contributed by atoms with Gasteiger partial charge < -0.3 is 4.90 Å². The van der Waals surface area contributed by atoms with E-state index in [1.807, 2.05) is 4.90 Å². The Morgan fingerprint density at radius 2 is 2.33 bits per heavy atom. The predicted octanol–water partition coefficient (Wildman–Crippen LogP) is 1.44. The normalized spacial score (nSPS) is 27.3. The number of benzene rings is 1. The van der Waals surface area contributed by atoms with Gasteiger partial charge in [0, 0.05) is 23.5 Å². The second-order valence-electron chi connectivity index (χ2n) is 5.57. The van der Waals surface area contributed by atoms with Gasteiger partial charge in [-0.05, 0) is 42.8 Å². The molecule has 1 amide bonds. The Hall–Kier alpha value is -0.715. The van der Waals surface area contributed by atoms with Crippen molar-refractivity contribution in [3.63, 3.8) is 0 Å². The first-order valence-corrected chi connectivity index (χ1v) is 8.26. The molecule has 110 valence electrons. The quantitative estimate of drug-likeness (QED) is 0.517. The molecule has 21 heavy (non-hydrogen) atoms. The van der Waals surface area contributed by atoms with E-state index in [0.717, 1.165) is 24.3 Å². The topological polar surface area (TPSA) is 32.3 Å². The number of carbonyl (C=O) groups is 1. The van der Waals surface area contributed by atoms with Crippen LogP contribution in [0.3, 0.4) is 0 Å². The van der Waals surface area contributed by atoms with Crippen LogP contribution in [-0.4, -0.2) is 43.2 Å². The zero-order valence-corrected chi connectivity index (χ0v) is 13.0. The van der Waals surface area contributed by atoms with Crippen molar-refractivity contribution in [2.24, 2.45) is 5.92 Å². The van der Waals surface area contributed by atoms with Crippen LogP contribution in [0, 0.1) is 11.7 Å². The monoisotopic (exact) mass is 324 g/mol. The largest absolute Gasteiger partial charge is 0.338 e. The van der Waals surface area contributed by atoms with Gasteiger partial charge in [-0.1, -0.05) is 11.5 Å². The first-order valence-electron chi connectivity index (χ1n) is 6.91. The molecule has 1 aromatic rings. The van der Waals surface area contributed by atoms with E-state index in [4.69, 9.17) is 19.4 Å². The van der Waals surface area contributed by atoms with Gasteiger partial charge in [-0.25, -0.2) is 4.39 Å². The van der Waals surface area contributed by atoms with Gasteiger partial charge in [0.15, 0.2) is 0 Å². The van der Waals surface area contributed by atoms with E-state index in [1.165, 1.54) is 18.0 Å². The third-order valence-corrected chi connectivity index (χ3v) is 5.42. The Morgan fingerprint density at radius 3 is 2.95 bits per heavy atom. The summed E-state index contributed by atoms with van der Waals surface area (Å²) in [6, 6.07) is 5.44. The molecule has 1 N–H and O–H groups in total. The summed E-state index contributed by atoms with van der Waals surface area (Å²) in [5.41, 5.74) is 0.162. The van der Waals surface area contributed by atoms with Gasteiger partial charge in [-0.3, -0.25) is 9.52 Å². The molecule has 1 aliphatic carbocycles. The predicted molar refractivity (Wildman–Crippen MR) is 83.5 cm³/mol. The zero-order chi connectivity index (χ0) is 15.0. The zero-order valence-electron chi connectivity index (χ0n) is 11.4. The number of fused-ring (bicyclic) bond motifs is 2. The van der Waals surface area contributed by atoms with Gasteiger partial charge in [0.2, 0.25) is 5.91 Å². The summed E-state index contributed by atoms with van der Waals surface area (Å²) in [5, 5.41) is 0. The van der Waals surface area contributed by atoms with Crippen molar-refractivity contribution in [2.45, 2.75) is 29.8 Å². The van der Waals surface area contributed by atoms with E-state index in [1.54, 1.807) is 12.1 Å². The van der Waals surface area contributed by atoms with Crippen LogP contribution in [0.1, 0.15) is 12.8 Å². The summed E-state index contributed by atoms with van der Waals surface area (Å²) in [4.78, 5) is 14.4. The van der Waals surface area contributed by atoms with Crippen LogP contribution in [0.25, 0.3) is 0 Å². The minimum atomic E-state index is -0.395. The summed E-state index contributed by atoms with van der Waals surface area (Å²) in [7, 11) is 5.46. The fraction of sp³-hybridized carbons (Fsp3) is 0.500. The van der Waals surface area contributed by atoms with Crippen LogP contribution in [0.2, 0.25) is 0 Å². The highest BCUT2D eigenvalue weighted by Crippen LogP contribution is 2.39. The lowest BCUT2D eigenvalue weighted by Gasteiger charge is -2.31. The minimum Gasteiger partial charge on any atom is -0.338 e. The second-order valence-corrected chi connectivity index (χ2v) is 6.75. The van der Waals surface area contributed by atoms with Crippen LogP contribution < -0.4 is 10.2 Å². The molecule has 2 radical (unpaired) electrons. The summed E-state index contributed by atoms with van der Waals surface area (Å²) in [5.74, 6) is 0.138. The van der Waals surface area contributed by atoms with Crippen molar-refractivity contribution >= 4 is 42.8 Å². The summed E-state index contributed by atoms with van der Waals surface area (Å²) >= 11 is 7.04. The maximum atomic E-state index is 13.4. The van der Waals surface area contributed by atoms with Crippen LogP contribution in [0.15, 0.2) is 23.1 Å². The Morgan fingerprint density at radius 1 is 1.52 bits per heavy atom. The highest BCUT2D eigenvalue weighted by molar-refractivity contribution is 7.97. The maximum Gasteiger partial charge on any atom is 0.237 e. The number of nitrogens with one attached hydrogen (secondary N) is 1. The van der Waals surface area contributed by atoms with Crippen molar-refractivity contribution in [3.8, 4) is 0 Å². The van der Waals surface area contributed by atoms with E-state index in [2.05, 4.69) is 4.72 Å². The molecule has 1 saturated heterocycles. The maximum absolute atomic E-state index is 13.4. The summed E-state index contributed by atoms with van der Waals surface area (Å²) < 4.78 is 16.8. The van der Waals surface area contributed by atoms with E-state index >= 15 is 0 Å². The van der Waals surface area contributed by atoms with E-state index < -0.39 is 5.82 Å². The molecular formula is C14H15BClFN2OS. The van der Waals surface area contributed by atoms with Crippen molar-refractivity contribution in [1.82, 2.24) is 9.62 Å². The van der Waals surface area contributed by atoms with Gasteiger partial charge in [0.25, 0.3) is 0 Å². The van der Waals surface area contributed by atoms with Gasteiger partial charge in [-0.15, -0.1) is 11.6 Å². The number of carbonyl (C=O) groups excluding carboxylic acids is 1. The fourth-order valence-electron chi connectivity index (χ4n) is 3.20. The molecule has 0 aromatic heterocycles. The van der Waals surface area contributed by atoms with Gasteiger partial charge in [0.05, 0.1) is 0 Å². The number of hydrogen-bond donors (Lipinski definition) is 1. The molecule has 1 aliphatic heterocycles. The summed E-state index contributed by atoms with van der Waals surface area (Å²) in [6.07, 6.45) is 1.95. The van der Waals surface area contributed by atoms with Crippen LogP contribution in [0.5, 0.6) is 0 Å². The molecule has 2 bridgehead atoms. The SMILES string of the molecule is [B]c1ccc(SNC2CC3CC2CN3C(=O)CCl)cc1F. The van der Waals surface area contributed by atoms with Crippen molar-refractivity contribution in [1.29, 1.82) is 0 Å². The van der Waals surface area contributed by atoms with Crippen molar-refractivity contribution in [3.05, 3.63) is 24.0 Å². The molecule has 7 heteroatoms. The third-order valence-electron chi connectivity index (χ3n) is 4.28. The lowest BCUT2D eigenvalue weighted by molar-refractivity contribution is -0.130. The van der Waals surface area contributed by atoms with Gasteiger partial charge >= 0.3 is 0 Å². The van der Waals surface area contributed by atoms with Crippen molar-refractivity contribution in [2.75, 3.05) is 12.4 Å². The molecule has 2 aliphatic rings. The number of hydrogen-bond acceptors (Lipinski definition) is 3. The van der Waals surface area contributed by atoms with Gasteiger partial charge in [0.1, 0.15) is 19.5 Å². The molecule has 3 atom stereocenters. The molecule has 3 nitrogen and oxygen atoms in total. The molecular weight excluding hydrogens is 309 g/mol. The number of piperidine rings is 1. The van der Waals surface area contributed by atoms with E-state index in [-0.39, 0.29) is 17.2 Å². The molecule has 2 fully saturated rings. The molecule has 0 spiro atoms. The van der Waals surface area contributed by atoms with Crippen LogP contribution in [-0.2, 0) is 4.79 Å². The van der Waals surface area contributed by atoms with E-state index in [0.29, 0.717) is 18.0 Å². The third kappa shape index (κ3) is 3.08. The average Bonchev–Trinajstić information content (AvgIpc) is 3.07. The average molecular weight is 325 g/mol. The van der Waals surface area contributed by atoms with Crippen LogP contribution >= 0.6 is 23.5 Å². The number of halogens is 2. The molecule has 1 saturated carbocycles. The Kier molecular flexibility index (Phi) is 4.47. The minimum absolute atomic E-state index is 0.0240. The van der Waals surface area contributed by atoms with Crippen molar-refractivity contribution < 1.29 is 9.18 Å². The lowest BCUT2D eigenvalue weighted by Crippen LogP contribution is -2.45. The smallest absolute Gasteiger partial charge is 0.237 e. The molecule has 1 heterocycles. The number of amides is 1. The number of nitrogens with zero attached hydrogens (tertiary/aromatic N) is 1.